The van der Waals surface area contributed by atoms with Crippen LogP contribution in [-0.2, 0) is 4.74 Å². The first kappa shape index (κ1) is 11.0. The first-order valence-electron chi connectivity index (χ1n) is 3.29. The largest absolute Gasteiger partial charge is 0.465 e. The second kappa shape index (κ2) is 4.44. The summed E-state index contributed by atoms with van der Waals surface area (Å²) in [5, 5.41) is 0.363. The van der Waals surface area contributed by atoms with Gasteiger partial charge in [0.1, 0.15) is 0 Å². The molecule has 0 spiro atoms. The van der Waals surface area contributed by atoms with E-state index in [-0.39, 0.29) is 0 Å². The second-order valence-electron chi connectivity index (χ2n) is 2.24. The highest BCUT2D eigenvalue weighted by molar-refractivity contribution is 9.13. The molecule has 13 heavy (non-hydrogen) atoms. The maximum Gasteiger partial charge on any atom is 0.339 e. The molecule has 0 aliphatic carbocycles. The Hall–Kier alpha value is -0.0600. The number of hydrogen-bond acceptors (Lipinski definition) is 2. The van der Waals surface area contributed by atoms with Crippen LogP contribution >= 0.6 is 43.5 Å². The topological polar surface area (TPSA) is 26.3 Å². The van der Waals surface area contributed by atoms with E-state index >= 15 is 0 Å². The van der Waals surface area contributed by atoms with Gasteiger partial charge in [0.2, 0.25) is 0 Å². The minimum absolute atomic E-state index is 0.347. The molecule has 2 nitrogen and oxygen atoms in total. The summed E-state index contributed by atoms with van der Waals surface area (Å²) in [5.41, 5.74) is 0.347. The lowest BCUT2D eigenvalue weighted by Crippen LogP contribution is -2.02. The van der Waals surface area contributed by atoms with E-state index in [0.29, 0.717) is 10.6 Å². The molecule has 0 radical (unpaired) electrons. The molecule has 1 rings (SSSR count). The summed E-state index contributed by atoms with van der Waals surface area (Å²) in [7, 11) is 1.31. The van der Waals surface area contributed by atoms with Gasteiger partial charge < -0.3 is 4.74 Å². The minimum atomic E-state index is -0.446. The fourth-order valence-electron chi connectivity index (χ4n) is 0.789. The van der Waals surface area contributed by atoms with Gasteiger partial charge in [0.15, 0.2) is 0 Å². The average Bonchev–Trinajstić information content (AvgIpc) is 2.10. The zero-order chi connectivity index (χ0) is 10.0. The van der Waals surface area contributed by atoms with Gasteiger partial charge in [-0.2, -0.15) is 0 Å². The van der Waals surface area contributed by atoms with Crippen LogP contribution in [0.4, 0.5) is 0 Å². The van der Waals surface area contributed by atoms with E-state index in [0.717, 1.165) is 8.95 Å². The van der Waals surface area contributed by atoms with Crippen molar-refractivity contribution in [2.24, 2.45) is 0 Å². The number of halogens is 3. The van der Waals surface area contributed by atoms with E-state index in [1.54, 1.807) is 12.1 Å². The number of ether oxygens (including phenoxy) is 1. The third-order valence-electron chi connectivity index (χ3n) is 1.42. The summed E-state index contributed by atoms with van der Waals surface area (Å²) in [4.78, 5) is 11.2. The van der Waals surface area contributed by atoms with Gasteiger partial charge in [0.05, 0.1) is 17.7 Å². The van der Waals surface area contributed by atoms with Crippen LogP contribution in [0.15, 0.2) is 21.1 Å². The predicted molar refractivity (Wildman–Crippen MR) is 58.2 cm³/mol. The summed E-state index contributed by atoms with van der Waals surface area (Å²) in [6, 6.07) is 3.25. The summed E-state index contributed by atoms with van der Waals surface area (Å²) >= 11 is 12.4. The Morgan fingerprint density at radius 2 is 1.92 bits per heavy atom. The third kappa shape index (κ3) is 2.45. The van der Waals surface area contributed by atoms with Crippen molar-refractivity contribution >= 4 is 49.4 Å². The van der Waals surface area contributed by atoms with Crippen LogP contribution in [0.25, 0.3) is 0 Å². The quantitative estimate of drug-likeness (QED) is 0.581. The highest BCUT2D eigenvalue weighted by Crippen LogP contribution is 2.29. The van der Waals surface area contributed by atoms with E-state index in [1.807, 2.05) is 0 Å². The van der Waals surface area contributed by atoms with Gasteiger partial charge in [-0.05, 0) is 44.0 Å². The molecule has 0 aliphatic rings. The molecular weight excluding hydrogens is 323 g/mol. The fraction of sp³-hybridized carbons (Fsp3) is 0.125. The van der Waals surface area contributed by atoms with Crippen molar-refractivity contribution in [3.05, 3.63) is 31.7 Å². The Balaban J connectivity index is 3.23. The van der Waals surface area contributed by atoms with Crippen molar-refractivity contribution in [2.45, 2.75) is 0 Å². The molecular formula is C8H5Br2ClO2. The van der Waals surface area contributed by atoms with E-state index in [1.165, 1.54) is 7.11 Å². The standard InChI is InChI=1S/C8H5Br2ClO2/c1-13-8(12)4-2-5(9)6(10)3-7(4)11/h2-3H,1H3. The van der Waals surface area contributed by atoms with Gasteiger partial charge in [-0.25, -0.2) is 4.79 Å². The lowest BCUT2D eigenvalue weighted by atomic mass is 10.2. The summed E-state index contributed by atoms with van der Waals surface area (Å²) < 4.78 is 6.11. The number of methoxy groups -OCH3 is 1. The minimum Gasteiger partial charge on any atom is -0.465 e. The van der Waals surface area contributed by atoms with Gasteiger partial charge in [-0.15, -0.1) is 0 Å². The number of rotatable bonds is 1. The second-order valence-corrected chi connectivity index (χ2v) is 4.35. The Morgan fingerprint density at radius 1 is 1.38 bits per heavy atom. The average molecular weight is 328 g/mol. The first-order valence-corrected chi connectivity index (χ1v) is 5.25. The third-order valence-corrected chi connectivity index (χ3v) is 3.57. The van der Waals surface area contributed by atoms with Crippen molar-refractivity contribution in [1.29, 1.82) is 0 Å². The summed E-state index contributed by atoms with van der Waals surface area (Å²) in [6.07, 6.45) is 0. The Morgan fingerprint density at radius 3 is 2.46 bits per heavy atom. The molecule has 0 heterocycles. The number of carbonyl (C=O) groups is 1. The van der Waals surface area contributed by atoms with Gasteiger partial charge >= 0.3 is 5.97 Å². The molecule has 5 heteroatoms. The van der Waals surface area contributed by atoms with Crippen molar-refractivity contribution in [2.75, 3.05) is 7.11 Å². The lowest BCUT2D eigenvalue weighted by molar-refractivity contribution is 0.0601. The molecule has 0 amide bonds. The van der Waals surface area contributed by atoms with Crippen LogP contribution in [0.2, 0.25) is 5.02 Å². The Bertz CT molecular complexity index is 352. The number of hydrogen-bond donors (Lipinski definition) is 0. The zero-order valence-electron chi connectivity index (χ0n) is 6.61. The van der Waals surface area contributed by atoms with Gasteiger partial charge in [-0.1, -0.05) is 11.6 Å². The van der Waals surface area contributed by atoms with Crippen molar-refractivity contribution in [1.82, 2.24) is 0 Å². The maximum atomic E-state index is 11.2. The molecule has 70 valence electrons. The number of esters is 1. The van der Waals surface area contributed by atoms with Crippen LogP contribution in [0.5, 0.6) is 0 Å². The molecule has 0 saturated carbocycles. The molecule has 0 aliphatic heterocycles. The van der Waals surface area contributed by atoms with Gasteiger partial charge in [0.25, 0.3) is 0 Å². The maximum absolute atomic E-state index is 11.2. The van der Waals surface area contributed by atoms with Crippen molar-refractivity contribution in [3.8, 4) is 0 Å². The van der Waals surface area contributed by atoms with Crippen LogP contribution in [-0.4, -0.2) is 13.1 Å². The fourth-order valence-corrected chi connectivity index (χ4v) is 1.85. The van der Waals surface area contributed by atoms with E-state index < -0.39 is 5.97 Å². The van der Waals surface area contributed by atoms with E-state index in [4.69, 9.17) is 11.6 Å². The Labute approximate surface area is 97.5 Å². The highest BCUT2D eigenvalue weighted by atomic mass is 79.9. The van der Waals surface area contributed by atoms with Crippen LogP contribution in [0.3, 0.4) is 0 Å². The van der Waals surface area contributed by atoms with Crippen LogP contribution in [0.1, 0.15) is 10.4 Å². The van der Waals surface area contributed by atoms with E-state index in [9.17, 15) is 4.79 Å². The van der Waals surface area contributed by atoms with Crippen LogP contribution < -0.4 is 0 Å². The number of carbonyl (C=O) groups excluding carboxylic acids is 1. The zero-order valence-corrected chi connectivity index (χ0v) is 10.5. The molecule has 0 bridgehead atoms. The number of benzene rings is 1. The van der Waals surface area contributed by atoms with E-state index in [2.05, 4.69) is 36.6 Å². The van der Waals surface area contributed by atoms with Crippen molar-refractivity contribution < 1.29 is 9.53 Å². The van der Waals surface area contributed by atoms with Crippen molar-refractivity contribution in [3.63, 3.8) is 0 Å². The smallest absolute Gasteiger partial charge is 0.339 e. The monoisotopic (exact) mass is 326 g/mol. The SMILES string of the molecule is COC(=O)c1cc(Br)c(Br)cc1Cl. The van der Waals surface area contributed by atoms with Crippen LogP contribution in [0, 0.1) is 0 Å². The normalized spacial score (nSPS) is 9.85. The Kier molecular flexibility index (Phi) is 3.76. The molecule has 0 aromatic heterocycles. The summed E-state index contributed by atoms with van der Waals surface area (Å²) in [6.45, 7) is 0. The molecule has 0 atom stereocenters. The molecule has 1 aromatic carbocycles. The molecule has 0 fully saturated rings. The highest BCUT2D eigenvalue weighted by Gasteiger charge is 2.12. The molecule has 0 N–H and O–H groups in total. The first-order chi connectivity index (χ1) is 6.06. The predicted octanol–water partition coefficient (Wildman–Crippen LogP) is 3.65. The molecule has 1 aromatic rings. The van der Waals surface area contributed by atoms with Gasteiger partial charge in [-0.3, -0.25) is 0 Å². The van der Waals surface area contributed by atoms with Gasteiger partial charge in [0, 0.05) is 8.95 Å². The molecule has 0 saturated heterocycles. The molecule has 0 unspecified atom stereocenters. The lowest BCUT2D eigenvalue weighted by Gasteiger charge is -2.03. The summed E-state index contributed by atoms with van der Waals surface area (Å²) in [5.74, 6) is -0.446.